The van der Waals surface area contributed by atoms with Gasteiger partial charge in [0.25, 0.3) is 0 Å². The summed E-state index contributed by atoms with van der Waals surface area (Å²) < 4.78 is 16.5. The maximum Gasteiger partial charge on any atom is 0.127 e. The van der Waals surface area contributed by atoms with Crippen LogP contribution in [0.25, 0.3) is 0 Å². The highest BCUT2D eigenvalue weighted by Gasteiger charge is 2.22. The molecule has 0 saturated carbocycles. The third-order valence-corrected chi connectivity index (χ3v) is 3.18. The fourth-order valence-electron chi connectivity index (χ4n) is 2.06. The third kappa shape index (κ3) is 3.85. The van der Waals surface area contributed by atoms with E-state index in [4.69, 9.17) is 14.2 Å². The molecule has 2 atom stereocenters. The lowest BCUT2D eigenvalue weighted by Gasteiger charge is -2.15. The molecule has 1 aromatic carbocycles. The first-order chi connectivity index (χ1) is 9.60. The van der Waals surface area contributed by atoms with Crippen molar-refractivity contribution in [3.8, 4) is 11.5 Å². The SMILES string of the molecule is CNC1COc2cc(OCC(O)COC(C)C)ccc21. The number of hydrogen-bond acceptors (Lipinski definition) is 5. The summed E-state index contributed by atoms with van der Waals surface area (Å²) >= 11 is 0. The van der Waals surface area contributed by atoms with Gasteiger partial charge < -0.3 is 24.6 Å². The summed E-state index contributed by atoms with van der Waals surface area (Å²) in [6.45, 7) is 5.00. The van der Waals surface area contributed by atoms with Crippen LogP contribution in [-0.2, 0) is 4.74 Å². The van der Waals surface area contributed by atoms with Crippen molar-refractivity contribution in [2.24, 2.45) is 0 Å². The van der Waals surface area contributed by atoms with E-state index in [0.29, 0.717) is 12.4 Å². The lowest BCUT2D eigenvalue weighted by atomic mass is 10.1. The summed E-state index contributed by atoms with van der Waals surface area (Å²) in [7, 11) is 1.92. The lowest BCUT2D eigenvalue weighted by Crippen LogP contribution is -2.25. The monoisotopic (exact) mass is 281 g/mol. The molecule has 5 heteroatoms. The number of rotatable bonds is 7. The van der Waals surface area contributed by atoms with E-state index in [2.05, 4.69) is 5.32 Å². The third-order valence-electron chi connectivity index (χ3n) is 3.18. The van der Waals surface area contributed by atoms with Crippen molar-refractivity contribution in [2.45, 2.75) is 32.1 Å². The predicted molar refractivity (Wildman–Crippen MR) is 76.3 cm³/mol. The first kappa shape index (κ1) is 15.1. The quantitative estimate of drug-likeness (QED) is 0.793. The number of aliphatic hydroxyl groups is 1. The standard InChI is InChI=1S/C15H23NO4/c1-10(2)18-7-11(17)8-19-12-4-5-13-14(16-3)9-20-15(13)6-12/h4-6,10-11,14,16-17H,7-9H2,1-3H3. The summed E-state index contributed by atoms with van der Waals surface area (Å²) in [6, 6.07) is 6.00. The van der Waals surface area contributed by atoms with Gasteiger partial charge in [0.15, 0.2) is 0 Å². The summed E-state index contributed by atoms with van der Waals surface area (Å²) in [6.07, 6.45) is -0.520. The van der Waals surface area contributed by atoms with Crippen molar-refractivity contribution >= 4 is 0 Å². The highest BCUT2D eigenvalue weighted by molar-refractivity contribution is 5.44. The van der Waals surface area contributed by atoms with E-state index >= 15 is 0 Å². The smallest absolute Gasteiger partial charge is 0.127 e. The van der Waals surface area contributed by atoms with Gasteiger partial charge >= 0.3 is 0 Å². The Morgan fingerprint density at radius 2 is 2.20 bits per heavy atom. The second-order valence-corrected chi connectivity index (χ2v) is 5.20. The zero-order valence-electron chi connectivity index (χ0n) is 12.3. The molecular weight excluding hydrogens is 258 g/mol. The normalized spacial score (nSPS) is 18.8. The van der Waals surface area contributed by atoms with Gasteiger partial charge in [-0.1, -0.05) is 0 Å². The molecule has 0 fully saturated rings. The molecule has 0 saturated heterocycles. The fourth-order valence-corrected chi connectivity index (χ4v) is 2.06. The summed E-state index contributed by atoms with van der Waals surface area (Å²) in [4.78, 5) is 0. The van der Waals surface area contributed by atoms with Crippen molar-refractivity contribution in [1.82, 2.24) is 5.32 Å². The van der Waals surface area contributed by atoms with Crippen molar-refractivity contribution in [1.29, 1.82) is 0 Å². The van der Waals surface area contributed by atoms with Crippen molar-refractivity contribution < 1.29 is 19.3 Å². The largest absolute Gasteiger partial charge is 0.491 e. The minimum atomic E-state index is -0.628. The van der Waals surface area contributed by atoms with Crippen LogP contribution in [0.3, 0.4) is 0 Å². The first-order valence-electron chi connectivity index (χ1n) is 6.96. The van der Waals surface area contributed by atoms with Crippen LogP contribution in [0.4, 0.5) is 0 Å². The van der Waals surface area contributed by atoms with Crippen LogP contribution in [0, 0.1) is 0 Å². The van der Waals surface area contributed by atoms with Crippen molar-refractivity contribution in [3.05, 3.63) is 23.8 Å². The van der Waals surface area contributed by atoms with Gasteiger partial charge in [0.2, 0.25) is 0 Å². The Labute approximate surface area is 119 Å². The van der Waals surface area contributed by atoms with Gasteiger partial charge in [-0.3, -0.25) is 0 Å². The summed E-state index contributed by atoms with van der Waals surface area (Å²) in [5.74, 6) is 1.54. The molecule has 2 unspecified atom stereocenters. The Bertz CT molecular complexity index is 436. The number of fused-ring (bicyclic) bond motifs is 1. The molecule has 2 N–H and O–H groups in total. The van der Waals surface area contributed by atoms with Gasteiger partial charge in [0.1, 0.15) is 30.8 Å². The number of aliphatic hydroxyl groups excluding tert-OH is 1. The zero-order valence-corrected chi connectivity index (χ0v) is 12.3. The average Bonchev–Trinajstić information content (AvgIpc) is 2.85. The van der Waals surface area contributed by atoms with E-state index in [1.165, 1.54) is 0 Å². The molecular formula is C15H23NO4. The minimum Gasteiger partial charge on any atom is -0.491 e. The molecule has 1 aliphatic rings. The molecule has 0 bridgehead atoms. The van der Waals surface area contributed by atoms with E-state index in [-0.39, 0.29) is 25.4 Å². The Morgan fingerprint density at radius 3 is 2.90 bits per heavy atom. The fraction of sp³-hybridized carbons (Fsp3) is 0.600. The Balaban J connectivity index is 1.85. The molecule has 1 aliphatic heterocycles. The van der Waals surface area contributed by atoms with E-state index < -0.39 is 6.10 Å². The topological polar surface area (TPSA) is 60.0 Å². The second kappa shape index (κ2) is 6.92. The van der Waals surface area contributed by atoms with Gasteiger partial charge in [-0.05, 0) is 33.0 Å². The van der Waals surface area contributed by atoms with Gasteiger partial charge in [-0.25, -0.2) is 0 Å². The lowest BCUT2D eigenvalue weighted by molar-refractivity contribution is -0.0123. The van der Waals surface area contributed by atoms with Gasteiger partial charge in [-0.15, -0.1) is 0 Å². The van der Waals surface area contributed by atoms with Crippen LogP contribution in [0.1, 0.15) is 25.5 Å². The number of ether oxygens (including phenoxy) is 3. The minimum absolute atomic E-state index is 0.108. The molecule has 0 aromatic heterocycles. The molecule has 5 nitrogen and oxygen atoms in total. The zero-order chi connectivity index (χ0) is 14.5. The Hall–Kier alpha value is -1.30. The molecule has 0 amide bonds. The van der Waals surface area contributed by atoms with Gasteiger partial charge in [0.05, 0.1) is 18.8 Å². The number of hydrogen-bond donors (Lipinski definition) is 2. The van der Waals surface area contributed by atoms with Crippen molar-refractivity contribution in [3.63, 3.8) is 0 Å². The molecule has 20 heavy (non-hydrogen) atoms. The Morgan fingerprint density at radius 1 is 1.40 bits per heavy atom. The number of nitrogens with one attached hydrogen (secondary N) is 1. The van der Waals surface area contributed by atoms with Crippen LogP contribution in [0.5, 0.6) is 11.5 Å². The summed E-state index contributed by atoms with van der Waals surface area (Å²) in [5.41, 5.74) is 1.14. The van der Waals surface area contributed by atoms with E-state index in [0.717, 1.165) is 11.3 Å². The van der Waals surface area contributed by atoms with Gasteiger partial charge in [-0.2, -0.15) is 0 Å². The summed E-state index contributed by atoms with van der Waals surface area (Å²) in [5, 5.41) is 12.9. The number of likely N-dealkylation sites (N-methyl/N-ethyl adjacent to an activating group) is 1. The van der Waals surface area contributed by atoms with E-state index in [1.807, 2.05) is 39.1 Å². The molecule has 1 heterocycles. The van der Waals surface area contributed by atoms with Crippen molar-refractivity contribution in [2.75, 3.05) is 26.9 Å². The van der Waals surface area contributed by atoms with Crippen LogP contribution < -0.4 is 14.8 Å². The molecule has 0 aliphatic carbocycles. The highest BCUT2D eigenvalue weighted by atomic mass is 16.5. The van der Waals surface area contributed by atoms with E-state index in [1.54, 1.807) is 0 Å². The molecule has 0 spiro atoms. The number of benzene rings is 1. The van der Waals surface area contributed by atoms with Crippen LogP contribution in [0.15, 0.2) is 18.2 Å². The Kier molecular flexibility index (Phi) is 5.23. The predicted octanol–water partition coefficient (Wildman–Crippen LogP) is 1.50. The molecule has 112 valence electrons. The van der Waals surface area contributed by atoms with Crippen LogP contribution in [0.2, 0.25) is 0 Å². The highest BCUT2D eigenvalue weighted by Crippen LogP contribution is 2.34. The molecule has 0 radical (unpaired) electrons. The molecule has 2 rings (SSSR count). The van der Waals surface area contributed by atoms with Gasteiger partial charge in [0, 0.05) is 11.6 Å². The first-order valence-corrected chi connectivity index (χ1v) is 6.96. The molecule has 1 aromatic rings. The average molecular weight is 281 g/mol. The maximum atomic E-state index is 9.74. The van der Waals surface area contributed by atoms with Crippen LogP contribution in [-0.4, -0.2) is 44.2 Å². The van der Waals surface area contributed by atoms with E-state index in [9.17, 15) is 5.11 Å². The van der Waals surface area contributed by atoms with Crippen LogP contribution >= 0.6 is 0 Å². The maximum absolute atomic E-state index is 9.74. The second-order valence-electron chi connectivity index (χ2n) is 5.20.